The van der Waals surface area contributed by atoms with Gasteiger partial charge in [-0.05, 0) is 39.0 Å². The molecular weight excluding hydrogens is 262 g/mol. The number of pyridine rings is 1. The minimum Gasteiger partial charge on any atom is -0.436 e. The van der Waals surface area contributed by atoms with Gasteiger partial charge < -0.3 is 10.1 Å². The molecule has 2 rings (SSSR count). The lowest BCUT2D eigenvalue weighted by Gasteiger charge is -2.21. The highest BCUT2D eigenvalue weighted by atomic mass is 19.1. The first-order chi connectivity index (χ1) is 9.33. The molecule has 0 aliphatic heterocycles. The van der Waals surface area contributed by atoms with E-state index in [0.29, 0.717) is 5.82 Å². The summed E-state index contributed by atoms with van der Waals surface area (Å²) in [6.07, 6.45) is 0. The van der Waals surface area contributed by atoms with Crippen molar-refractivity contribution in [2.75, 3.05) is 5.32 Å². The summed E-state index contributed by atoms with van der Waals surface area (Å²) in [7, 11) is 0. The minimum atomic E-state index is -0.763. The lowest BCUT2D eigenvalue weighted by atomic mass is 10.1. The highest BCUT2D eigenvalue weighted by Crippen LogP contribution is 2.25. The summed E-state index contributed by atoms with van der Waals surface area (Å²) in [5.41, 5.74) is -0.146. The van der Waals surface area contributed by atoms with Crippen LogP contribution < -0.4 is 10.1 Å². The van der Waals surface area contributed by atoms with Gasteiger partial charge in [-0.3, -0.25) is 0 Å². The fraction of sp³-hybridized carbons (Fsp3) is 0.267. The first-order valence-corrected chi connectivity index (χ1v) is 6.22. The van der Waals surface area contributed by atoms with E-state index in [4.69, 9.17) is 4.74 Å². The number of rotatable bonds is 3. The SMILES string of the molecule is CC(C)(C)Nc1cccc(Oc2ccc(F)cc2F)n1. The lowest BCUT2D eigenvalue weighted by molar-refractivity contribution is 0.424. The monoisotopic (exact) mass is 278 g/mol. The van der Waals surface area contributed by atoms with Gasteiger partial charge in [0.25, 0.3) is 0 Å². The van der Waals surface area contributed by atoms with Gasteiger partial charge >= 0.3 is 0 Å². The van der Waals surface area contributed by atoms with Gasteiger partial charge in [0, 0.05) is 17.7 Å². The molecule has 5 heteroatoms. The van der Waals surface area contributed by atoms with Crippen molar-refractivity contribution in [2.24, 2.45) is 0 Å². The van der Waals surface area contributed by atoms with Crippen molar-refractivity contribution in [2.45, 2.75) is 26.3 Å². The smallest absolute Gasteiger partial charge is 0.221 e. The number of hydrogen-bond acceptors (Lipinski definition) is 3. The summed E-state index contributed by atoms with van der Waals surface area (Å²) in [5.74, 6) is -0.610. The van der Waals surface area contributed by atoms with Crippen LogP contribution in [0.1, 0.15) is 20.8 Å². The Bertz CT molecular complexity index is 609. The standard InChI is InChI=1S/C15H16F2N2O/c1-15(2,3)19-13-5-4-6-14(18-13)20-12-8-7-10(16)9-11(12)17/h4-9H,1-3H3,(H,18,19). The van der Waals surface area contributed by atoms with Crippen molar-refractivity contribution >= 4 is 5.82 Å². The van der Waals surface area contributed by atoms with Crippen LogP contribution in [0.2, 0.25) is 0 Å². The van der Waals surface area contributed by atoms with Crippen molar-refractivity contribution in [1.29, 1.82) is 0 Å². The average molecular weight is 278 g/mol. The molecule has 1 aromatic heterocycles. The summed E-state index contributed by atoms with van der Waals surface area (Å²) >= 11 is 0. The van der Waals surface area contributed by atoms with Crippen molar-refractivity contribution in [3.63, 3.8) is 0 Å². The minimum absolute atomic E-state index is 0.0631. The molecule has 0 aliphatic carbocycles. The number of nitrogens with zero attached hydrogens (tertiary/aromatic N) is 1. The van der Waals surface area contributed by atoms with Gasteiger partial charge in [0.15, 0.2) is 11.6 Å². The Balaban J connectivity index is 2.19. The highest BCUT2D eigenvalue weighted by Gasteiger charge is 2.11. The maximum absolute atomic E-state index is 13.5. The van der Waals surface area contributed by atoms with E-state index in [1.165, 1.54) is 6.07 Å². The largest absolute Gasteiger partial charge is 0.436 e. The first-order valence-electron chi connectivity index (χ1n) is 6.22. The molecular formula is C15H16F2N2O. The lowest BCUT2D eigenvalue weighted by Crippen LogP contribution is -2.26. The molecule has 0 spiro atoms. The number of aromatic nitrogens is 1. The van der Waals surface area contributed by atoms with Crippen molar-refractivity contribution in [3.8, 4) is 11.6 Å². The third-order valence-electron chi connectivity index (χ3n) is 2.34. The second-order valence-corrected chi connectivity index (χ2v) is 5.41. The molecule has 0 fully saturated rings. The molecule has 0 unspecified atom stereocenters. The predicted molar refractivity (Wildman–Crippen MR) is 74.0 cm³/mol. The van der Waals surface area contributed by atoms with E-state index >= 15 is 0 Å². The number of anilines is 1. The molecule has 20 heavy (non-hydrogen) atoms. The second-order valence-electron chi connectivity index (χ2n) is 5.41. The summed E-state index contributed by atoms with van der Waals surface area (Å²) in [5, 5.41) is 3.19. The maximum Gasteiger partial charge on any atom is 0.221 e. The van der Waals surface area contributed by atoms with Crippen LogP contribution in [0, 0.1) is 11.6 Å². The Morgan fingerprint density at radius 3 is 2.50 bits per heavy atom. The molecule has 1 heterocycles. The fourth-order valence-corrected chi connectivity index (χ4v) is 1.60. The van der Waals surface area contributed by atoms with E-state index in [2.05, 4.69) is 10.3 Å². The van der Waals surface area contributed by atoms with Gasteiger partial charge in [-0.1, -0.05) is 6.07 Å². The molecule has 0 bridgehead atoms. The molecule has 0 amide bonds. The van der Waals surface area contributed by atoms with Gasteiger partial charge in [-0.25, -0.2) is 8.78 Å². The Morgan fingerprint density at radius 2 is 1.85 bits per heavy atom. The van der Waals surface area contributed by atoms with Crippen LogP contribution in [0.4, 0.5) is 14.6 Å². The molecule has 1 N–H and O–H groups in total. The van der Waals surface area contributed by atoms with Crippen LogP contribution in [0.15, 0.2) is 36.4 Å². The van der Waals surface area contributed by atoms with Crippen LogP contribution in [0.3, 0.4) is 0 Å². The Labute approximate surface area is 116 Å². The van der Waals surface area contributed by atoms with Crippen LogP contribution >= 0.6 is 0 Å². The third-order valence-corrected chi connectivity index (χ3v) is 2.34. The van der Waals surface area contributed by atoms with E-state index in [0.717, 1.165) is 12.1 Å². The number of ether oxygens (including phenoxy) is 1. The average Bonchev–Trinajstić information content (AvgIpc) is 2.31. The quantitative estimate of drug-likeness (QED) is 0.905. The van der Waals surface area contributed by atoms with E-state index in [-0.39, 0.29) is 17.2 Å². The predicted octanol–water partition coefficient (Wildman–Crippen LogP) is 4.36. The van der Waals surface area contributed by atoms with Crippen molar-refractivity contribution in [1.82, 2.24) is 4.98 Å². The summed E-state index contributed by atoms with van der Waals surface area (Å²) in [6, 6.07) is 8.28. The van der Waals surface area contributed by atoms with Gasteiger partial charge in [-0.15, -0.1) is 0 Å². The Morgan fingerprint density at radius 1 is 1.10 bits per heavy atom. The topological polar surface area (TPSA) is 34.1 Å². The van der Waals surface area contributed by atoms with E-state index in [1.54, 1.807) is 18.2 Å². The Hall–Kier alpha value is -2.17. The Kier molecular flexibility index (Phi) is 3.88. The molecule has 0 radical (unpaired) electrons. The number of benzene rings is 1. The summed E-state index contributed by atoms with van der Waals surface area (Å²) in [6.45, 7) is 6.01. The molecule has 0 saturated heterocycles. The fourth-order valence-electron chi connectivity index (χ4n) is 1.60. The van der Waals surface area contributed by atoms with E-state index in [1.807, 2.05) is 20.8 Å². The molecule has 1 aromatic carbocycles. The molecule has 0 aliphatic rings. The third kappa shape index (κ3) is 3.91. The van der Waals surface area contributed by atoms with Gasteiger partial charge in [0.2, 0.25) is 5.88 Å². The summed E-state index contributed by atoms with van der Waals surface area (Å²) in [4.78, 5) is 4.22. The number of nitrogens with one attached hydrogen (secondary N) is 1. The number of hydrogen-bond donors (Lipinski definition) is 1. The molecule has 106 valence electrons. The molecule has 2 aromatic rings. The zero-order valence-corrected chi connectivity index (χ0v) is 11.6. The van der Waals surface area contributed by atoms with E-state index < -0.39 is 11.6 Å². The second kappa shape index (κ2) is 5.45. The van der Waals surface area contributed by atoms with Crippen LogP contribution in [-0.2, 0) is 0 Å². The van der Waals surface area contributed by atoms with Gasteiger partial charge in [-0.2, -0.15) is 4.98 Å². The number of halogens is 2. The highest BCUT2D eigenvalue weighted by molar-refractivity contribution is 5.40. The summed E-state index contributed by atoms with van der Waals surface area (Å²) < 4.78 is 31.6. The van der Waals surface area contributed by atoms with E-state index in [9.17, 15) is 8.78 Å². The van der Waals surface area contributed by atoms with Crippen molar-refractivity contribution < 1.29 is 13.5 Å². The molecule has 0 saturated carbocycles. The zero-order chi connectivity index (χ0) is 14.8. The van der Waals surface area contributed by atoms with Crippen molar-refractivity contribution in [3.05, 3.63) is 48.0 Å². The van der Waals surface area contributed by atoms with Gasteiger partial charge in [0.1, 0.15) is 11.6 Å². The zero-order valence-electron chi connectivity index (χ0n) is 11.6. The molecule has 3 nitrogen and oxygen atoms in total. The van der Waals surface area contributed by atoms with Crippen LogP contribution in [-0.4, -0.2) is 10.5 Å². The van der Waals surface area contributed by atoms with Gasteiger partial charge in [0.05, 0.1) is 0 Å². The van der Waals surface area contributed by atoms with Crippen LogP contribution in [0.25, 0.3) is 0 Å². The normalized spacial score (nSPS) is 11.2. The first kappa shape index (κ1) is 14.2. The maximum atomic E-state index is 13.5. The molecule has 0 atom stereocenters. The van der Waals surface area contributed by atoms with Crippen LogP contribution in [0.5, 0.6) is 11.6 Å².